The van der Waals surface area contributed by atoms with Crippen LogP contribution >= 0.6 is 0 Å². The van der Waals surface area contributed by atoms with Crippen molar-refractivity contribution in [2.75, 3.05) is 13.1 Å². The predicted molar refractivity (Wildman–Crippen MR) is 112 cm³/mol. The molecule has 6 heteroatoms. The van der Waals surface area contributed by atoms with Gasteiger partial charge in [-0.15, -0.1) is 0 Å². The minimum Gasteiger partial charge on any atom is -0.338 e. The molecule has 5 rings (SSSR count). The zero-order chi connectivity index (χ0) is 21.5. The van der Waals surface area contributed by atoms with E-state index in [0.717, 1.165) is 43.4 Å². The van der Waals surface area contributed by atoms with Gasteiger partial charge in [-0.25, -0.2) is 8.78 Å². The minimum atomic E-state index is -0.823. The second-order valence-corrected chi connectivity index (χ2v) is 9.08. The van der Waals surface area contributed by atoms with Gasteiger partial charge < -0.3 is 9.80 Å². The summed E-state index contributed by atoms with van der Waals surface area (Å²) in [7, 11) is 0. The Morgan fingerprint density at radius 2 is 1.68 bits per heavy atom. The lowest BCUT2D eigenvalue weighted by molar-refractivity contribution is -0.151. The van der Waals surface area contributed by atoms with Crippen LogP contribution < -0.4 is 0 Å². The summed E-state index contributed by atoms with van der Waals surface area (Å²) in [6, 6.07) is 13.7. The number of amides is 2. The van der Waals surface area contributed by atoms with Gasteiger partial charge in [0.25, 0.3) is 5.91 Å². The van der Waals surface area contributed by atoms with Crippen LogP contribution in [0.3, 0.4) is 0 Å². The molecule has 0 aromatic heterocycles. The molecule has 3 aliphatic rings. The number of piperidine rings is 3. The topological polar surface area (TPSA) is 40.6 Å². The van der Waals surface area contributed by atoms with Crippen LogP contribution in [0.5, 0.6) is 0 Å². The van der Waals surface area contributed by atoms with Crippen molar-refractivity contribution in [1.82, 2.24) is 9.80 Å². The molecule has 2 aromatic carbocycles. The highest BCUT2D eigenvalue weighted by Crippen LogP contribution is 2.43. The normalized spacial score (nSPS) is 27.7. The molecule has 0 unspecified atom stereocenters. The molecule has 0 spiro atoms. The van der Waals surface area contributed by atoms with Crippen LogP contribution in [-0.2, 0) is 11.2 Å². The fourth-order valence-electron chi connectivity index (χ4n) is 5.92. The van der Waals surface area contributed by atoms with E-state index in [1.165, 1.54) is 6.07 Å². The van der Waals surface area contributed by atoms with Gasteiger partial charge in [0.2, 0.25) is 5.91 Å². The number of benzene rings is 2. The number of halogens is 2. The van der Waals surface area contributed by atoms with Crippen molar-refractivity contribution in [1.29, 1.82) is 0 Å². The van der Waals surface area contributed by atoms with Gasteiger partial charge in [-0.05, 0) is 55.2 Å². The van der Waals surface area contributed by atoms with Gasteiger partial charge in [-0.3, -0.25) is 9.59 Å². The largest absolute Gasteiger partial charge is 0.338 e. The average molecular weight is 424 g/mol. The van der Waals surface area contributed by atoms with Crippen LogP contribution in [0.15, 0.2) is 48.5 Å². The molecule has 0 aliphatic carbocycles. The molecule has 0 radical (unpaired) electrons. The lowest BCUT2D eigenvalue weighted by Gasteiger charge is -2.56. The van der Waals surface area contributed by atoms with Crippen LogP contribution in [-0.4, -0.2) is 46.8 Å². The SMILES string of the molecule is O=C(c1c(F)cccc1F)N1C[C@H]2C[C@@H](C1)[C@H](Cc1ccccc1)N1C(=O)CCC[C@@H]21. The van der Waals surface area contributed by atoms with Crippen molar-refractivity contribution in [2.45, 2.75) is 44.2 Å². The van der Waals surface area contributed by atoms with Gasteiger partial charge in [0, 0.05) is 31.6 Å². The summed E-state index contributed by atoms with van der Waals surface area (Å²) in [5.41, 5.74) is 0.685. The van der Waals surface area contributed by atoms with Crippen LogP contribution in [0.25, 0.3) is 0 Å². The number of hydrogen-bond acceptors (Lipinski definition) is 2. The molecular weight excluding hydrogens is 398 g/mol. The second kappa shape index (κ2) is 8.06. The smallest absolute Gasteiger partial charge is 0.259 e. The van der Waals surface area contributed by atoms with E-state index in [-0.39, 0.29) is 29.8 Å². The quantitative estimate of drug-likeness (QED) is 0.746. The van der Waals surface area contributed by atoms with Crippen LogP contribution in [0.2, 0.25) is 0 Å². The van der Waals surface area contributed by atoms with Gasteiger partial charge in [0.15, 0.2) is 0 Å². The molecule has 31 heavy (non-hydrogen) atoms. The monoisotopic (exact) mass is 424 g/mol. The standard InChI is InChI=1S/C25H26F2N2O2/c26-19-8-4-9-20(27)24(19)25(31)28-14-17-13-18(15-28)22(12-16-6-2-1-3-7-16)29-21(17)10-5-11-23(29)30/h1-4,6-9,17-18,21-22H,5,10-15H2/t17-,18+,21+,22+/m1/s1. The van der Waals surface area contributed by atoms with Gasteiger partial charge in [0.05, 0.1) is 0 Å². The predicted octanol–water partition coefficient (Wildman–Crippen LogP) is 4.05. The van der Waals surface area contributed by atoms with E-state index >= 15 is 0 Å². The van der Waals surface area contributed by atoms with E-state index in [2.05, 4.69) is 17.0 Å². The van der Waals surface area contributed by atoms with Gasteiger partial charge in [-0.2, -0.15) is 0 Å². The Labute approximate surface area is 180 Å². The van der Waals surface area contributed by atoms with E-state index < -0.39 is 23.1 Å². The Balaban J connectivity index is 1.46. The maximum absolute atomic E-state index is 14.3. The molecular formula is C25H26F2N2O2. The molecule has 3 aliphatic heterocycles. The summed E-state index contributed by atoms with van der Waals surface area (Å²) in [6.45, 7) is 0.854. The third-order valence-corrected chi connectivity index (χ3v) is 7.25. The summed E-state index contributed by atoms with van der Waals surface area (Å²) >= 11 is 0. The van der Waals surface area contributed by atoms with E-state index in [0.29, 0.717) is 19.5 Å². The number of fused-ring (bicyclic) bond motifs is 4. The maximum Gasteiger partial charge on any atom is 0.259 e. The molecule has 4 nitrogen and oxygen atoms in total. The number of carbonyl (C=O) groups is 2. The van der Waals surface area contributed by atoms with E-state index in [4.69, 9.17) is 0 Å². The summed E-state index contributed by atoms with van der Waals surface area (Å²) in [5.74, 6) is -1.79. The number of nitrogens with zero attached hydrogens (tertiary/aromatic N) is 2. The van der Waals surface area contributed by atoms with E-state index in [1.807, 2.05) is 18.2 Å². The highest BCUT2D eigenvalue weighted by atomic mass is 19.1. The molecule has 3 fully saturated rings. The first-order chi connectivity index (χ1) is 15.0. The average Bonchev–Trinajstić information content (AvgIpc) is 2.77. The maximum atomic E-state index is 14.3. The Morgan fingerprint density at radius 1 is 0.968 bits per heavy atom. The molecule has 0 saturated carbocycles. The fraction of sp³-hybridized carbons (Fsp3) is 0.440. The van der Waals surface area contributed by atoms with Crippen molar-refractivity contribution >= 4 is 11.8 Å². The minimum absolute atomic E-state index is 0.00230. The van der Waals surface area contributed by atoms with Gasteiger partial charge >= 0.3 is 0 Å². The summed E-state index contributed by atoms with van der Waals surface area (Å²) in [5, 5.41) is 0. The lowest BCUT2D eigenvalue weighted by Crippen LogP contribution is -2.66. The summed E-state index contributed by atoms with van der Waals surface area (Å²) in [6.07, 6.45) is 4.02. The second-order valence-electron chi connectivity index (χ2n) is 9.08. The highest BCUT2D eigenvalue weighted by Gasteiger charge is 2.50. The molecule has 3 saturated heterocycles. The molecule has 2 amide bonds. The number of carbonyl (C=O) groups excluding carboxylic acids is 2. The number of rotatable bonds is 3. The first-order valence-electron chi connectivity index (χ1n) is 11.1. The summed E-state index contributed by atoms with van der Waals surface area (Å²) < 4.78 is 28.6. The number of hydrogen-bond donors (Lipinski definition) is 0. The van der Waals surface area contributed by atoms with Crippen LogP contribution in [0.4, 0.5) is 8.78 Å². The van der Waals surface area contributed by atoms with Crippen LogP contribution in [0.1, 0.15) is 41.6 Å². The number of likely N-dealkylation sites (tertiary alicyclic amines) is 1. The Morgan fingerprint density at radius 3 is 2.42 bits per heavy atom. The van der Waals surface area contributed by atoms with Crippen LogP contribution in [0, 0.1) is 23.5 Å². The van der Waals surface area contributed by atoms with Gasteiger partial charge in [0.1, 0.15) is 17.2 Å². The molecule has 2 aromatic rings. The zero-order valence-corrected chi connectivity index (χ0v) is 17.3. The van der Waals surface area contributed by atoms with Crippen molar-refractivity contribution in [3.63, 3.8) is 0 Å². The Hall–Kier alpha value is -2.76. The fourth-order valence-corrected chi connectivity index (χ4v) is 5.92. The first kappa shape index (κ1) is 20.2. The third kappa shape index (κ3) is 3.62. The zero-order valence-electron chi connectivity index (χ0n) is 17.3. The van der Waals surface area contributed by atoms with E-state index in [1.54, 1.807) is 4.90 Å². The Kier molecular flexibility index (Phi) is 5.24. The summed E-state index contributed by atoms with van der Waals surface area (Å²) in [4.78, 5) is 29.8. The van der Waals surface area contributed by atoms with E-state index in [9.17, 15) is 18.4 Å². The van der Waals surface area contributed by atoms with Crippen molar-refractivity contribution in [3.8, 4) is 0 Å². The highest BCUT2D eigenvalue weighted by molar-refractivity contribution is 5.95. The lowest BCUT2D eigenvalue weighted by atomic mass is 9.70. The molecule has 2 bridgehead atoms. The Bertz CT molecular complexity index is 976. The molecule has 4 atom stereocenters. The third-order valence-electron chi connectivity index (χ3n) is 7.25. The van der Waals surface area contributed by atoms with Gasteiger partial charge in [-0.1, -0.05) is 36.4 Å². The van der Waals surface area contributed by atoms with Crippen molar-refractivity contribution in [2.24, 2.45) is 11.8 Å². The first-order valence-corrected chi connectivity index (χ1v) is 11.1. The van der Waals surface area contributed by atoms with Crippen molar-refractivity contribution in [3.05, 3.63) is 71.3 Å². The molecule has 0 N–H and O–H groups in total. The molecule has 162 valence electrons. The van der Waals surface area contributed by atoms with Crippen molar-refractivity contribution < 1.29 is 18.4 Å². The molecule has 3 heterocycles.